The summed E-state index contributed by atoms with van der Waals surface area (Å²) in [6, 6.07) is 5.26. The molecule has 1 aliphatic carbocycles. The first kappa shape index (κ1) is 30.1. The molecule has 0 saturated carbocycles. The number of rotatable bonds is 4. The Labute approximate surface area is 260 Å². The van der Waals surface area contributed by atoms with E-state index in [9.17, 15) is 32.7 Å². The number of fused-ring (bicyclic) bond motifs is 3. The predicted octanol–water partition coefficient (Wildman–Crippen LogP) is 4.57. The van der Waals surface area contributed by atoms with Crippen molar-refractivity contribution >= 4 is 50.8 Å². The summed E-state index contributed by atoms with van der Waals surface area (Å²) in [6.07, 6.45) is -1.23. The summed E-state index contributed by atoms with van der Waals surface area (Å²) < 4.78 is 42.0. The standard InChI is InChI=1S/C28H24BrClF3N7O4/c1-14-12-27(8-10-38(14)24(44)22-19(41)3-2-9-34-22)7-6-18-21(27)23(43)40-26(36-25(29)37-40)39(18)13-20(42)35-17-5-4-15(11-16(17)30)28(31,32)33/h2-5,9,11,14,41H,6-8,10,12-13H2,1H3,(H,35,42)/t14-,27-/m0/s1. The van der Waals surface area contributed by atoms with Gasteiger partial charge >= 0.3 is 6.18 Å². The smallest absolute Gasteiger partial charge is 0.416 e. The summed E-state index contributed by atoms with van der Waals surface area (Å²) in [5.74, 6) is -1.09. The van der Waals surface area contributed by atoms with Crippen molar-refractivity contribution in [1.29, 1.82) is 0 Å². The van der Waals surface area contributed by atoms with Crippen LogP contribution in [0.4, 0.5) is 18.9 Å². The maximum absolute atomic E-state index is 13.9. The predicted molar refractivity (Wildman–Crippen MR) is 156 cm³/mol. The van der Waals surface area contributed by atoms with Crippen LogP contribution in [0.15, 0.2) is 46.1 Å². The maximum Gasteiger partial charge on any atom is 0.416 e. The van der Waals surface area contributed by atoms with Crippen molar-refractivity contribution in [2.75, 3.05) is 11.9 Å². The number of amides is 2. The molecule has 0 bridgehead atoms. The van der Waals surface area contributed by atoms with Gasteiger partial charge in [-0.05, 0) is 78.9 Å². The number of anilines is 1. The summed E-state index contributed by atoms with van der Waals surface area (Å²) in [4.78, 5) is 50.3. The van der Waals surface area contributed by atoms with Gasteiger partial charge in [0, 0.05) is 35.5 Å². The lowest BCUT2D eigenvalue weighted by atomic mass is 9.72. The van der Waals surface area contributed by atoms with E-state index >= 15 is 0 Å². The van der Waals surface area contributed by atoms with E-state index in [4.69, 9.17) is 11.6 Å². The fourth-order valence-corrected chi connectivity index (χ4v) is 6.97. The van der Waals surface area contributed by atoms with E-state index in [1.807, 2.05) is 6.92 Å². The average molecular weight is 695 g/mol. The zero-order valence-electron chi connectivity index (χ0n) is 23.0. The van der Waals surface area contributed by atoms with Crippen molar-refractivity contribution in [2.45, 2.75) is 56.8 Å². The second kappa shape index (κ2) is 10.9. The van der Waals surface area contributed by atoms with Gasteiger partial charge in [-0.25, -0.2) is 4.98 Å². The molecule has 2 amide bonds. The number of nitrogens with zero attached hydrogens (tertiary/aromatic N) is 6. The largest absolute Gasteiger partial charge is 0.505 e. The van der Waals surface area contributed by atoms with E-state index in [2.05, 4.69) is 36.3 Å². The minimum Gasteiger partial charge on any atom is -0.505 e. The van der Waals surface area contributed by atoms with Gasteiger partial charge in [0.25, 0.3) is 11.5 Å². The summed E-state index contributed by atoms with van der Waals surface area (Å²) in [6.45, 7) is 1.87. The zero-order chi connectivity index (χ0) is 31.6. The number of hydrogen-bond donors (Lipinski definition) is 2. The van der Waals surface area contributed by atoms with Crippen LogP contribution in [0.1, 0.15) is 53.5 Å². The molecule has 1 saturated heterocycles. The van der Waals surface area contributed by atoms with Crippen molar-refractivity contribution in [3.63, 3.8) is 0 Å². The first-order valence-electron chi connectivity index (χ1n) is 13.6. The van der Waals surface area contributed by atoms with E-state index in [0.29, 0.717) is 43.5 Å². The van der Waals surface area contributed by atoms with Gasteiger partial charge in [0.1, 0.15) is 12.3 Å². The number of benzene rings is 1. The molecule has 2 atom stereocenters. The number of alkyl halides is 3. The summed E-state index contributed by atoms with van der Waals surface area (Å²) in [5, 5.41) is 16.7. The SMILES string of the molecule is C[C@H]1C[C@]2(CCc3c2c(=O)n2nc(Br)nc2n3CC(=O)Nc2ccc(C(F)(F)F)cc2Cl)CCN1C(=O)c1ncccc1O. The molecule has 1 fully saturated rings. The van der Waals surface area contributed by atoms with Crippen LogP contribution in [0.2, 0.25) is 5.02 Å². The lowest BCUT2D eigenvalue weighted by molar-refractivity contribution is -0.137. The number of halogens is 5. The first-order valence-corrected chi connectivity index (χ1v) is 14.8. The van der Waals surface area contributed by atoms with Gasteiger partial charge < -0.3 is 19.9 Å². The fraction of sp³-hybridized carbons (Fsp3) is 0.357. The zero-order valence-corrected chi connectivity index (χ0v) is 25.4. The van der Waals surface area contributed by atoms with Crippen molar-refractivity contribution in [1.82, 2.24) is 29.0 Å². The number of pyridine rings is 1. The highest BCUT2D eigenvalue weighted by atomic mass is 79.9. The highest BCUT2D eigenvalue weighted by Gasteiger charge is 2.48. The van der Waals surface area contributed by atoms with Gasteiger partial charge in [-0.2, -0.15) is 22.7 Å². The Morgan fingerprint density at radius 2 is 2.02 bits per heavy atom. The number of carbonyl (C=O) groups is 2. The molecule has 4 heterocycles. The van der Waals surface area contributed by atoms with Gasteiger partial charge in [0.15, 0.2) is 5.69 Å². The Morgan fingerprint density at radius 3 is 2.70 bits per heavy atom. The molecule has 1 aromatic carbocycles. The second-order valence-electron chi connectivity index (χ2n) is 11.0. The van der Waals surface area contributed by atoms with Crippen LogP contribution in [0, 0.1) is 0 Å². The number of nitrogens with one attached hydrogen (secondary N) is 1. The number of hydrogen-bond acceptors (Lipinski definition) is 7. The van der Waals surface area contributed by atoms with Crippen LogP contribution >= 0.6 is 27.5 Å². The van der Waals surface area contributed by atoms with Crippen LogP contribution in [-0.4, -0.2) is 58.6 Å². The lowest BCUT2D eigenvalue weighted by Gasteiger charge is -2.44. The molecule has 16 heteroatoms. The molecule has 1 spiro atoms. The second-order valence-corrected chi connectivity index (χ2v) is 12.1. The molecule has 4 aromatic rings. The highest BCUT2D eigenvalue weighted by molar-refractivity contribution is 9.10. The summed E-state index contributed by atoms with van der Waals surface area (Å²) in [5.41, 5.74) is -0.885. The van der Waals surface area contributed by atoms with Gasteiger partial charge in [0.05, 0.1) is 16.3 Å². The quantitative estimate of drug-likeness (QED) is 0.320. The van der Waals surface area contributed by atoms with Crippen LogP contribution in [0.5, 0.6) is 5.75 Å². The molecule has 11 nitrogen and oxygen atoms in total. The molecular formula is C28H24BrClF3N7O4. The van der Waals surface area contributed by atoms with Crippen molar-refractivity contribution in [3.8, 4) is 5.75 Å². The number of aromatic nitrogens is 5. The Kier molecular flexibility index (Phi) is 7.43. The molecule has 0 radical (unpaired) electrons. The Morgan fingerprint density at radius 1 is 1.25 bits per heavy atom. The van der Waals surface area contributed by atoms with Crippen molar-refractivity contribution in [3.05, 3.63) is 79.2 Å². The molecule has 2 N–H and O–H groups in total. The van der Waals surface area contributed by atoms with E-state index in [1.165, 1.54) is 18.3 Å². The molecule has 1 aliphatic heterocycles. The van der Waals surface area contributed by atoms with Crippen LogP contribution < -0.4 is 10.9 Å². The van der Waals surface area contributed by atoms with Crippen molar-refractivity contribution in [2.24, 2.45) is 0 Å². The monoisotopic (exact) mass is 693 g/mol. The Bertz CT molecular complexity index is 1900. The third-order valence-corrected chi connectivity index (χ3v) is 9.02. The fourth-order valence-electron chi connectivity index (χ4n) is 6.43. The first-order chi connectivity index (χ1) is 20.8. The third kappa shape index (κ3) is 5.11. The van der Waals surface area contributed by atoms with Crippen LogP contribution in [-0.2, 0) is 29.4 Å². The minimum atomic E-state index is -4.59. The molecule has 44 heavy (non-hydrogen) atoms. The topological polar surface area (TPSA) is 135 Å². The molecular weight excluding hydrogens is 671 g/mol. The number of piperidine rings is 1. The highest BCUT2D eigenvalue weighted by Crippen LogP contribution is 2.47. The van der Waals surface area contributed by atoms with Gasteiger partial charge in [-0.1, -0.05) is 11.6 Å². The van der Waals surface area contributed by atoms with Crippen LogP contribution in [0.25, 0.3) is 5.78 Å². The molecule has 6 rings (SSSR count). The Hall–Kier alpha value is -3.98. The summed E-state index contributed by atoms with van der Waals surface area (Å²) in [7, 11) is 0. The van der Waals surface area contributed by atoms with Crippen molar-refractivity contribution < 1.29 is 27.9 Å². The normalized spacial score (nSPS) is 19.9. The van der Waals surface area contributed by atoms with Gasteiger partial charge in [-0.15, -0.1) is 5.10 Å². The van der Waals surface area contributed by atoms with Crippen LogP contribution in [0.3, 0.4) is 0 Å². The number of carbonyl (C=O) groups excluding carboxylic acids is 2. The number of likely N-dealkylation sites (tertiary alicyclic amines) is 1. The van der Waals surface area contributed by atoms with E-state index in [-0.39, 0.29) is 50.8 Å². The lowest BCUT2D eigenvalue weighted by Crippen LogP contribution is -2.51. The van der Waals surface area contributed by atoms with E-state index in [1.54, 1.807) is 9.47 Å². The molecule has 2 aliphatic rings. The van der Waals surface area contributed by atoms with E-state index < -0.39 is 29.0 Å². The minimum absolute atomic E-state index is 0.00213. The summed E-state index contributed by atoms with van der Waals surface area (Å²) >= 11 is 9.25. The van der Waals surface area contributed by atoms with Gasteiger partial charge in [0.2, 0.25) is 16.4 Å². The van der Waals surface area contributed by atoms with E-state index in [0.717, 1.165) is 22.7 Å². The average Bonchev–Trinajstić information content (AvgIpc) is 3.52. The molecule has 3 aromatic heterocycles. The van der Waals surface area contributed by atoms with Gasteiger partial charge in [-0.3, -0.25) is 14.4 Å². The molecule has 230 valence electrons. The third-order valence-electron chi connectivity index (χ3n) is 8.37. The maximum atomic E-state index is 13.9. The number of aromatic hydroxyl groups is 1. The Balaban J connectivity index is 1.32. The molecule has 0 unspecified atom stereocenters.